The van der Waals surface area contributed by atoms with E-state index in [1.807, 2.05) is 17.8 Å². The van der Waals surface area contributed by atoms with Crippen molar-refractivity contribution in [3.05, 3.63) is 18.0 Å². The van der Waals surface area contributed by atoms with Gasteiger partial charge < -0.3 is 15.4 Å². The maximum atomic E-state index is 5.56. The standard InChI is InChI=1S/C12H21N5O/c1-13-12(15-9-11-4-3-7-18-11)14-8-10-5-6-16-17(10)2/h5-6,11H,3-4,7-9H2,1-2H3,(H2,13,14,15). The van der Waals surface area contributed by atoms with Gasteiger partial charge in [-0.3, -0.25) is 9.67 Å². The van der Waals surface area contributed by atoms with Gasteiger partial charge in [-0.2, -0.15) is 5.10 Å². The van der Waals surface area contributed by atoms with Gasteiger partial charge in [0.2, 0.25) is 0 Å². The number of ether oxygens (including phenoxy) is 1. The van der Waals surface area contributed by atoms with Crippen LogP contribution in [0.5, 0.6) is 0 Å². The molecule has 0 aromatic carbocycles. The van der Waals surface area contributed by atoms with E-state index in [1.165, 1.54) is 0 Å². The van der Waals surface area contributed by atoms with Crippen molar-refractivity contribution in [2.45, 2.75) is 25.5 Å². The van der Waals surface area contributed by atoms with E-state index in [9.17, 15) is 0 Å². The van der Waals surface area contributed by atoms with Crippen LogP contribution in [0.25, 0.3) is 0 Å². The summed E-state index contributed by atoms with van der Waals surface area (Å²) in [6.07, 6.45) is 4.40. The minimum atomic E-state index is 0.320. The van der Waals surface area contributed by atoms with Crippen LogP contribution in [-0.2, 0) is 18.3 Å². The van der Waals surface area contributed by atoms with Gasteiger partial charge in [0.1, 0.15) is 0 Å². The smallest absolute Gasteiger partial charge is 0.191 e. The first-order chi connectivity index (χ1) is 8.79. The molecule has 1 aliphatic heterocycles. The minimum Gasteiger partial charge on any atom is -0.376 e. The molecule has 1 aromatic rings. The predicted octanol–water partition coefficient (Wildman–Crippen LogP) is 0.264. The second kappa shape index (κ2) is 6.39. The number of aliphatic imine (C=N–C) groups is 1. The van der Waals surface area contributed by atoms with Crippen LogP contribution in [0.3, 0.4) is 0 Å². The van der Waals surface area contributed by atoms with E-state index in [0.29, 0.717) is 12.6 Å². The molecule has 0 amide bonds. The summed E-state index contributed by atoms with van der Waals surface area (Å²) >= 11 is 0. The highest BCUT2D eigenvalue weighted by molar-refractivity contribution is 5.79. The van der Waals surface area contributed by atoms with E-state index in [-0.39, 0.29) is 0 Å². The Labute approximate surface area is 107 Å². The van der Waals surface area contributed by atoms with Gasteiger partial charge in [-0.05, 0) is 18.9 Å². The highest BCUT2D eigenvalue weighted by Gasteiger charge is 2.15. The summed E-state index contributed by atoms with van der Waals surface area (Å²) in [7, 11) is 3.70. The molecule has 0 aliphatic carbocycles. The van der Waals surface area contributed by atoms with Crippen molar-refractivity contribution in [2.24, 2.45) is 12.0 Å². The van der Waals surface area contributed by atoms with Crippen LogP contribution in [0.15, 0.2) is 17.3 Å². The van der Waals surface area contributed by atoms with Crippen LogP contribution in [0, 0.1) is 0 Å². The first-order valence-electron chi connectivity index (χ1n) is 6.32. The van der Waals surface area contributed by atoms with Crippen LogP contribution >= 0.6 is 0 Å². The van der Waals surface area contributed by atoms with Crippen LogP contribution in [0.2, 0.25) is 0 Å². The molecule has 2 rings (SSSR count). The fourth-order valence-electron chi connectivity index (χ4n) is 1.99. The molecule has 18 heavy (non-hydrogen) atoms. The molecule has 100 valence electrons. The Balaban J connectivity index is 1.74. The molecule has 1 unspecified atom stereocenters. The molecule has 1 fully saturated rings. The topological polar surface area (TPSA) is 63.5 Å². The molecule has 2 N–H and O–H groups in total. The zero-order chi connectivity index (χ0) is 12.8. The van der Waals surface area contributed by atoms with Crippen molar-refractivity contribution in [3.63, 3.8) is 0 Å². The molecule has 1 aromatic heterocycles. The average Bonchev–Trinajstić information content (AvgIpc) is 3.01. The van der Waals surface area contributed by atoms with Crippen LogP contribution in [0.4, 0.5) is 0 Å². The number of hydrogen-bond donors (Lipinski definition) is 2. The Morgan fingerprint density at radius 2 is 2.50 bits per heavy atom. The van der Waals surface area contributed by atoms with Crippen LogP contribution < -0.4 is 10.6 Å². The lowest BCUT2D eigenvalue weighted by atomic mass is 10.2. The molecular weight excluding hydrogens is 230 g/mol. The molecule has 0 radical (unpaired) electrons. The van der Waals surface area contributed by atoms with Crippen molar-refractivity contribution in [2.75, 3.05) is 20.2 Å². The number of nitrogens with zero attached hydrogens (tertiary/aromatic N) is 3. The summed E-state index contributed by atoms with van der Waals surface area (Å²) < 4.78 is 7.41. The van der Waals surface area contributed by atoms with Gasteiger partial charge >= 0.3 is 0 Å². The lowest BCUT2D eigenvalue weighted by Crippen LogP contribution is -2.40. The third-order valence-corrected chi connectivity index (χ3v) is 3.10. The molecule has 1 saturated heterocycles. The van der Waals surface area contributed by atoms with Crippen LogP contribution in [0.1, 0.15) is 18.5 Å². The summed E-state index contributed by atoms with van der Waals surface area (Å²) in [5, 5.41) is 10.7. The summed E-state index contributed by atoms with van der Waals surface area (Å²) in [6, 6.07) is 1.99. The molecule has 0 spiro atoms. The maximum absolute atomic E-state index is 5.56. The molecule has 1 atom stereocenters. The van der Waals surface area contributed by atoms with Gasteiger partial charge in [0.05, 0.1) is 18.3 Å². The van der Waals surface area contributed by atoms with Gasteiger partial charge in [0.25, 0.3) is 0 Å². The van der Waals surface area contributed by atoms with Crippen LogP contribution in [-0.4, -0.2) is 42.0 Å². The number of hydrogen-bond acceptors (Lipinski definition) is 3. The van der Waals surface area contributed by atoms with E-state index in [0.717, 1.165) is 37.6 Å². The largest absolute Gasteiger partial charge is 0.376 e. The average molecular weight is 251 g/mol. The molecule has 1 aliphatic rings. The lowest BCUT2D eigenvalue weighted by Gasteiger charge is -2.15. The molecule has 2 heterocycles. The Kier molecular flexibility index (Phi) is 4.58. The minimum absolute atomic E-state index is 0.320. The molecule has 0 saturated carbocycles. The number of rotatable bonds is 4. The second-order valence-corrected chi connectivity index (χ2v) is 4.39. The highest BCUT2D eigenvalue weighted by Crippen LogP contribution is 2.10. The van der Waals surface area contributed by atoms with Crippen molar-refractivity contribution in [3.8, 4) is 0 Å². The number of nitrogens with one attached hydrogen (secondary N) is 2. The zero-order valence-corrected chi connectivity index (χ0v) is 11.0. The van der Waals surface area contributed by atoms with E-state index >= 15 is 0 Å². The third kappa shape index (κ3) is 3.46. The first kappa shape index (κ1) is 12.9. The molecule has 6 heteroatoms. The molecule has 0 bridgehead atoms. The predicted molar refractivity (Wildman–Crippen MR) is 70.4 cm³/mol. The van der Waals surface area contributed by atoms with E-state index in [1.54, 1.807) is 13.2 Å². The maximum Gasteiger partial charge on any atom is 0.191 e. The molecular formula is C12H21N5O. The van der Waals surface area contributed by atoms with Gasteiger partial charge in [-0.15, -0.1) is 0 Å². The SMILES string of the molecule is CN=C(NCc1ccnn1C)NCC1CCCO1. The van der Waals surface area contributed by atoms with Crippen molar-refractivity contribution < 1.29 is 4.74 Å². The van der Waals surface area contributed by atoms with Crippen molar-refractivity contribution >= 4 is 5.96 Å². The fourth-order valence-corrected chi connectivity index (χ4v) is 1.99. The normalized spacial score (nSPS) is 20.1. The molecule has 6 nitrogen and oxygen atoms in total. The monoisotopic (exact) mass is 251 g/mol. The van der Waals surface area contributed by atoms with Gasteiger partial charge in [0, 0.05) is 33.4 Å². The van der Waals surface area contributed by atoms with Crippen molar-refractivity contribution in [1.29, 1.82) is 0 Å². The highest BCUT2D eigenvalue weighted by atomic mass is 16.5. The quantitative estimate of drug-likeness (QED) is 0.595. The number of guanidine groups is 1. The van der Waals surface area contributed by atoms with E-state index in [4.69, 9.17) is 4.74 Å². The summed E-state index contributed by atoms with van der Waals surface area (Å²) in [6.45, 7) is 2.40. The van der Waals surface area contributed by atoms with Gasteiger partial charge in [-0.1, -0.05) is 0 Å². The second-order valence-electron chi connectivity index (χ2n) is 4.39. The Morgan fingerprint density at radius 3 is 3.11 bits per heavy atom. The van der Waals surface area contributed by atoms with E-state index < -0.39 is 0 Å². The van der Waals surface area contributed by atoms with Crippen molar-refractivity contribution in [1.82, 2.24) is 20.4 Å². The summed E-state index contributed by atoms with van der Waals surface area (Å²) in [5.41, 5.74) is 1.12. The summed E-state index contributed by atoms with van der Waals surface area (Å²) in [4.78, 5) is 4.19. The number of aryl methyl sites for hydroxylation is 1. The number of aromatic nitrogens is 2. The Bertz CT molecular complexity index is 395. The Morgan fingerprint density at radius 1 is 1.61 bits per heavy atom. The lowest BCUT2D eigenvalue weighted by molar-refractivity contribution is 0.114. The first-order valence-corrected chi connectivity index (χ1v) is 6.32. The Hall–Kier alpha value is -1.56. The fraction of sp³-hybridized carbons (Fsp3) is 0.667. The third-order valence-electron chi connectivity index (χ3n) is 3.10. The van der Waals surface area contributed by atoms with E-state index in [2.05, 4.69) is 20.7 Å². The zero-order valence-electron chi connectivity index (χ0n) is 11.0. The van der Waals surface area contributed by atoms with Gasteiger partial charge in [0.15, 0.2) is 5.96 Å². The van der Waals surface area contributed by atoms with Gasteiger partial charge in [-0.25, -0.2) is 0 Å². The summed E-state index contributed by atoms with van der Waals surface area (Å²) in [5.74, 6) is 0.798.